The van der Waals surface area contributed by atoms with E-state index in [1.165, 1.54) is 41.2 Å². The molecule has 4 aromatic rings. The van der Waals surface area contributed by atoms with Crippen molar-refractivity contribution in [2.24, 2.45) is 4.99 Å². The zero-order chi connectivity index (χ0) is 28.7. The van der Waals surface area contributed by atoms with Crippen molar-refractivity contribution in [2.75, 3.05) is 7.11 Å². The number of nitro benzene ring substituents is 1. The number of hydrogen-bond donors (Lipinski definition) is 0. The molecule has 0 fully saturated rings. The number of esters is 1. The van der Waals surface area contributed by atoms with Crippen LogP contribution in [0.2, 0.25) is 5.02 Å². The number of carbonyl (C=O) groups is 1. The molecule has 5 rings (SSSR count). The first-order valence-corrected chi connectivity index (χ1v) is 13.5. The van der Waals surface area contributed by atoms with Gasteiger partial charge in [0, 0.05) is 23.8 Å². The molecule has 1 aliphatic rings. The second kappa shape index (κ2) is 10.7. The van der Waals surface area contributed by atoms with E-state index < -0.39 is 16.9 Å². The summed E-state index contributed by atoms with van der Waals surface area (Å²) in [4.78, 5) is 42.1. The predicted octanol–water partition coefficient (Wildman–Crippen LogP) is 5.35. The molecule has 0 N–H and O–H groups in total. The van der Waals surface area contributed by atoms with Crippen LogP contribution in [0.5, 0.6) is 0 Å². The fraction of sp³-hybridized carbons (Fsp3) is 0.207. The van der Waals surface area contributed by atoms with Gasteiger partial charge in [0.25, 0.3) is 11.2 Å². The molecule has 9 nitrogen and oxygen atoms in total. The van der Waals surface area contributed by atoms with Gasteiger partial charge >= 0.3 is 5.97 Å². The van der Waals surface area contributed by atoms with E-state index in [1.54, 1.807) is 25.1 Å². The van der Waals surface area contributed by atoms with E-state index >= 15 is 0 Å². The number of nitro groups is 1. The van der Waals surface area contributed by atoms with Crippen LogP contribution in [0.15, 0.2) is 80.1 Å². The molecule has 0 aliphatic carbocycles. The molecule has 2 aromatic heterocycles. The van der Waals surface area contributed by atoms with E-state index in [-0.39, 0.29) is 16.3 Å². The predicted molar refractivity (Wildman–Crippen MR) is 152 cm³/mol. The third kappa shape index (κ3) is 4.91. The van der Waals surface area contributed by atoms with E-state index in [1.807, 2.05) is 24.3 Å². The zero-order valence-electron chi connectivity index (χ0n) is 22.0. The van der Waals surface area contributed by atoms with Crippen LogP contribution in [0, 0.1) is 10.1 Å². The Morgan fingerprint density at radius 3 is 2.55 bits per heavy atom. The minimum atomic E-state index is -0.710. The Bertz CT molecular complexity index is 1860. The van der Waals surface area contributed by atoms with Gasteiger partial charge in [-0.2, -0.15) is 0 Å². The van der Waals surface area contributed by atoms with Crippen LogP contribution < -0.4 is 14.9 Å². The van der Waals surface area contributed by atoms with Crippen molar-refractivity contribution in [3.8, 4) is 11.3 Å². The standard InChI is InChI=1S/C29H24ClN3O6S/c1-15(2)17-5-7-18(8-6-17)26-25(28(35)38-4)16(3)31-29-32(26)27(34)24(40-29)14-20-10-12-23(39-20)21-11-9-19(33(36)37)13-22(21)30/h5-15,26H,1-4H3/b24-14-/t26-/m1/s1. The molecule has 0 amide bonds. The number of fused-ring (bicyclic) bond motifs is 1. The lowest BCUT2D eigenvalue weighted by atomic mass is 9.93. The van der Waals surface area contributed by atoms with Crippen molar-refractivity contribution >= 4 is 40.7 Å². The van der Waals surface area contributed by atoms with Crippen molar-refractivity contribution in [1.82, 2.24) is 4.57 Å². The number of carbonyl (C=O) groups excluding carboxylic acids is 1. The number of methoxy groups -OCH3 is 1. The van der Waals surface area contributed by atoms with Gasteiger partial charge in [0.2, 0.25) is 0 Å². The number of benzene rings is 2. The molecule has 0 radical (unpaired) electrons. The first-order chi connectivity index (χ1) is 19.1. The van der Waals surface area contributed by atoms with Crippen molar-refractivity contribution in [3.63, 3.8) is 0 Å². The Morgan fingerprint density at radius 2 is 1.93 bits per heavy atom. The van der Waals surface area contributed by atoms with E-state index in [0.29, 0.717) is 43.6 Å². The van der Waals surface area contributed by atoms with E-state index in [9.17, 15) is 19.7 Å². The van der Waals surface area contributed by atoms with Gasteiger partial charge in [-0.25, -0.2) is 9.79 Å². The van der Waals surface area contributed by atoms with Crippen LogP contribution in [0.25, 0.3) is 17.4 Å². The number of non-ortho nitro benzene ring substituents is 1. The Hall–Kier alpha value is -4.28. The average Bonchev–Trinajstić information content (AvgIpc) is 3.51. The number of allylic oxidation sites excluding steroid dienone is 1. The number of nitrogens with zero attached hydrogens (tertiary/aromatic N) is 3. The van der Waals surface area contributed by atoms with Crippen LogP contribution in [0.1, 0.15) is 49.6 Å². The second-order valence-electron chi connectivity index (χ2n) is 9.52. The fourth-order valence-corrected chi connectivity index (χ4v) is 5.89. The third-order valence-corrected chi connectivity index (χ3v) is 7.97. The van der Waals surface area contributed by atoms with Crippen molar-refractivity contribution < 1.29 is 18.9 Å². The van der Waals surface area contributed by atoms with Crippen LogP contribution in [0.3, 0.4) is 0 Å². The SMILES string of the molecule is COC(=O)C1=C(C)N=c2s/c(=C\c3ccc(-c4ccc([N+](=O)[O-])cc4Cl)o3)c(=O)n2[C@@H]1c1ccc(C(C)C)cc1. The summed E-state index contributed by atoms with van der Waals surface area (Å²) in [7, 11) is 1.30. The highest BCUT2D eigenvalue weighted by molar-refractivity contribution is 7.07. The average molecular weight is 578 g/mol. The number of rotatable bonds is 6. The summed E-state index contributed by atoms with van der Waals surface area (Å²) >= 11 is 7.44. The molecule has 0 unspecified atom stereocenters. The van der Waals surface area contributed by atoms with Gasteiger partial charge in [-0.05, 0) is 42.2 Å². The normalized spacial score (nSPS) is 15.2. The monoisotopic (exact) mass is 577 g/mol. The van der Waals surface area contributed by atoms with Gasteiger partial charge in [-0.3, -0.25) is 19.5 Å². The molecule has 2 aromatic carbocycles. The molecule has 0 saturated carbocycles. The summed E-state index contributed by atoms with van der Waals surface area (Å²) in [6.45, 7) is 5.92. The summed E-state index contributed by atoms with van der Waals surface area (Å²) in [5.74, 6) is 0.555. The highest BCUT2D eigenvalue weighted by Gasteiger charge is 2.33. The van der Waals surface area contributed by atoms with E-state index in [4.69, 9.17) is 20.8 Å². The van der Waals surface area contributed by atoms with Crippen molar-refractivity contribution in [3.05, 3.63) is 118 Å². The van der Waals surface area contributed by atoms with Crippen LogP contribution >= 0.6 is 22.9 Å². The summed E-state index contributed by atoms with van der Waals surface area (Å²) < 4.78 is 12.9. The summed E-state index contributed by atoms with van der Waals surface area (Å²) in [6, 6.07) is 14.6. The molecule has 0 saturated heterocycles. The topological polar surface area (TPSA) is 117 Å². The van der Waals surface area contributed by atoms with Crippen molar-refractivity contribution in [2.45, 2.75) is 32.7 Å². The lowest BCUT2D eigenvalue weighted by molar-refractivity contribution is -0.384. The molecular formula is C29H24ClN3O6S. The number of thiazole rings is 1. The molecule has 40 heavy (non-hydrogen) atoms. The third-order valence-electron chi connectivity index (χ3n) is 6.67. The molecule has 0 bridgehead atoms. The zero-order valence-corrected chi connectivity index (χ0v) is 23.6. The molecular weight excluding hydrogens is 554 g/mol. The molecule has 1 aliphatic heterocycles. The van der Waals surface area contributed by atoms with Gasteiger partial charge in [0.15, 0.2) is 4.80 Å². The molecule has 204 valence electrons. The maximum atomic E-state index is 13.8. The largest absolute Gasteiger partial charge is 0.466 e. The van der Waals surface area contributed by atoms with Crippen LogP contribution in [-0.4, -0.2) is 22.6 Å². The maximum Gasteiger partial charge on any atom is 0.338 e. The Balaban J connectivity index is 1.60. The maximum absolute atomic E-state index is 13.8. The Labute approximate surface area is 237 Å². The van der Waals surface area contributed by atoms with Gasteiger partial charge < -0.3 is 9.15 Å². The first-order valence-electron chi connectivity index (χ1n) is 12.3. The smallest absolute Gasteiger partial charge is 0.338 e. The molecule has 3 heterocycles. The summed E-state index contributed by atoms with van der Waals surface area (Å²) in [5, 5.41) is 11.2. The fourth-order valence-electron chi connectivity index (χ4n) is 4.59. The van der Waals surface area contributed by atoms with Crippen molar-refractivity contribution in [1.29, 1.82) is 0 Å². The minimum absolute atomic E-state index is 0.128. The number of halogens is 1. The first kappa shape index (κ1) is 27.3. The highest BCUT2D eigenvalue weighted by atomic mass is 35.5. The lowest BCUT2D eigenvalue weighted by Crippen LogP contribution is -2.39. The van der Waals surface area contributed by atoms with Crippen LogP contribution in [-0.2, 0) is 9.53 Å². The number of ether oxygens (including phenoxy) is 1. The minimum Gasteiger partial charge on any atom is -0.466 e. The highest BCUT2D eigenvalue weighted by Crippen LogP contribution is 2.33. The van der Waals surface area contributed by atoms with E-state index in [2.05, 4.69) is 18.8 Å². The van der Waals surface area contributed by atoms with Gasteiger partial charge in [-0.15, -0.1) is 0 Å². The summed E-state index contributed by atoms with van der Waals surface area (Å²) in [5.41, 5.74) is 2.70. The Morgan fingerprint density at radius 1 is 1.20 bits per heavy atom. The summed E-state index contributed by atoms with van der Waals surface area (Å²) in [6.07, 6.45) is 1.60. The van der Waals surface area contributed by atoms with Gasteiger partial charge in [-0.1, -0.05) is 61.1 Å². The van der Waals surface area contributed by atoms with E-state index in [0.717, 1.165) is 11.1 Å². The number of aromatic nitrogens is 1. The van der Waals surface area contributed by atoms with Gasteiger partial charge in [0.1, 0.15) is 11.5 Å². The van der Waals surface area contributed by atoms with Crippen LogP contribution in [0.4, 0.5) is 5.69 Å². The second-order valence-corrected chi connectivity index (χ2v) is 10.9. The van der Waals surface area contributed by atoms with Gasteiger partial charge in [0.05, 0.1) is 38.9 Å². The number of furan rings is 1. The quantitative estimate of drug-likeness (QED) is 0.173. The molecule has 1 atom stereocenters. The molecule has 11 heteroatoms. The Kier molecular flexibility index (Phi) is 7.31. The lowest BCUT2D eigenvalue weighted by Gasteiger charge is -2.24. The molecule has 0 spiro atoms. The number of hydrogen-bond acceptors (Lipinski definition) is 8.